The van der Waals surface area contributed by atoms with E-state index >= 15 is 0 Å². The molecule has 0 aliphatic carbocycles. The van der Waals surface area contributed by atoms with Crippen molar-refractivity contribution in [2.24, 2.45) is 0 Å². The van der Waals surface area contributed by atoms with Gasteiger partial charge in [-0.15, -0.1) is 0 Å². The van der Waals surface area contributed by atoms with Crippen molar-refractivity contribution in [3.63, 3.8) is 0 Å². The number of sulfone groups is 1. The Morgan fingerprint density at radius 3 is 2.00 bits per heavy atom. The molecule has 0 radical (unpaired) electrons. The van der Waals surface area contributed by atoms with Crippen molar-refractivity contribution in [1.29, 1.82) is 0 Å². The van der Waals surface area contributed by atoms with E-state index in [1.54, 1.807) is 24.3 Å². The average molecular weight is 873 g/mol. The Morgan fingerprint density at radius 2 is 1.45 bits per heavy atom. The fraction of sp³-hybridized carbons (Fsp3) is 0.842. The molecule has 0 amide bonds. The first kappa shape index (κ1) is 46.1. The molecule has 18 heteroatoms. The molecule has 10 atom stereocenters. The summed E-state index contributed by atoms with van der Waals surface area (Å²) in [6.07, 6.45) is -2.91. The van der Waals surface area contributed by atoms with Crippen LogP contribution in [0.1, 0.15) is 93.1 Å². The zero-order chi connectivity index (χ0) is 41.5. The van der Waals surface area contributed by atoms with Crippen molar-refractivity contribution in [2.45, 2.75) is 200 Å². The number of rotatable bonds is 17. The Bertz CT molecular complexity index is 1680. The van der Waals surface area contributed by atoms with E-state index in [-0.39, 0.29) is 11.3 Å². The minimum absolute atomic E-state index is 0.210. The van der Waals surface area contributed by atoms with Crippen molar-refractivity contribution >= 4 is 36.6 Å². The molecule has 4 heterocycles. The maximum absolute atomic E-state index is 13.5. The van der Waals surface area contributed by atoms with Crippen LogP contribution < -0.4 is 0 Å². The van der Waals surface area contributed by atoms with Gasteiger partial charge in [-0.3, -0.25) is 4.18 Å². The van der Waals surface area contributed by atoms with Gasteiger partial charge < -0.3 is 27.8 Å². The number of alkyl halides is 3. The highest BCUT2D eigenvalue weighted by atomic mass is 32.2. The van der Waals surface area contributed by atoms with Gasteiger partial charge in [-0.1, -0.05) is 66.2 Å². The molecule has 0 aromatic heterocycles. The number of fused-ring (bicyclic) bond motifs is 2. The van der Waals surface area contributed by atoms with Crippen LogP contribution in [0.15, 0.2) is 29.2 Å². The largest absolute Gasteiger partial charge is 0.523 e. The van der Waals surface area contributed by atoms with Crippen LogP contribution in [0.25, 0.3) is 0 Å². The first-order valence-electron chi connectivity index (χ1n) is 20.4. The van der Waals surface area contributed by atoms with Crippen molar-refractivity contribution in [3.05, 3.63) is 29.8 Å². The predicted molar refractivity (Wildman–Crippen MR) is 210 cm³/mol. The zero-order valence-corrected chi connectivity index (χ0v) is 37.9. The standard InChI is InChI=1S/C38H63F3O11S2Si2/c1-10-55(11-2,12-3)51-31-22-30-28(47-34(31)24-46-54(44,45)38(39,40)41)19-20-35-37(9,50-30)23-33(52-56(13-4,14-5)25(6)7)29(48-35)21-32-36(49-32)53(42,43)27-17-15-26(8)16-18-27/h15-18,25,28-36H,10-14,19-24H2,1-9H3/t28-,29-,30+,31-,32+,33+,34+,35+,36-,37-/m0/s1. The van der Waals surface area contributed by atoms with Gasteiger partial charge in [0.05, 0.1) is 53.7 Å². The lowest BCUT2D eigenvalue weighted by molar-refractivity contribution is -0.258. The molecule has 0 saturated carbocycles. The zero-order valence-electron chi connectivity index (χ0n) is 34.3. The molecule has 4 aliphatic heterocycles. The van der Waals surface area contributed by atoms with E-state index in [0.717, 1.165) is 35.8 Å². The first-order valence-corrected chi connectivity index (χ1v) is 28.3. The SMILES string of the molecule is CC[Si](CC)(CC)O[C@H]1C[C@H]2O[C@@]3(C)C[C@@H](O[Si](CC)(CC)C(C)C)[C@H](C[C@H]4O[C@H]4S(=O)(=O)c4ccc(C)cc4)O[C@@H]3CC[C@@H]2O[C@@H]1COS(=O)(=O)C(F)(F)F. The molecule has 5 rings (SSSR count). The van der Waals surface area contributed by atoms with Gasteiger partial charge in [-0.05, 0) is 74.6 Å². The lowest BCUT2D eigenvalue weighted by Crippen LogP contribution is -2.60. The molecular weight excluding hydrogens is 810 g/mol. The van der Waals surface area contributed by atoms with E-state index in [2.05, 4.69) is 31.9 Å². The molecule has 0 N–H and O–H groups in total. The second-order valence-electron chi connectivity index (χ2n) is 16.7. The molecule has 4 fully saturated rings. The van der Waals surface area contributed by atoms with Crippen LogP contribution in [0, 0.1) is 6.92 Å². The van der Waals surface area contributed by atoms with Crippen LogP contribution in [0.3, 0.4) is 0 Å². The van der Waals surface area contributed by atoms with Crippen molar-refractivity contribution < 1.29 is 62.0 Å². The molecule has 4 saturated heterocycles. The normalized spacial score (nSPS) is 33.1. The van der Waals surface area contributed by atoms with E-state index < -0.39 is 109 Å². The number of hydrogen-bond acceptors (Lipinski definition) is 11. The molecule has 1 aromatic rings. The highest BCUT2D eigenvalue weighted by molar-refractivity contribution is 7.92. The minimum Gasteiger partial charge on any atom is -0.411 e. The maximum Gasteiger partial charge on any atom is 0.523 e. The van der Waals surface area contributed by atoms with Gasteiger partial charge in [0, 0.05) is 19.3 Å². The molecular formula is C38H63F3O11S2Si2. The van der Waals surface area contributed by atoms with E-state index in [0.29, 0.717) is 31.2 Å². The van der Waals surface area contributed by atoms with Crippen molar-refractivity contribution in [1.82, 2.24) is 0 Å². The molecule has 56 heavy (non-hydrogen) atoms. The molecule has 1 aromatic carbocycles. The van der Waals surface area contributed by atoms with E-state index in [4.69, 9.17) is 27.8 Å². The van der Waals surface area contributed by atoms with Gasteiger partial charge in [-0.25, -0.2) is 8.42 Å². The second kappa shape index (κ2) is 17.6. The number of ether oxygens (including phenoxy) is 4. The van der Waals surface area contributed by atoms with Crippen LogP contribution in [0.5, 0.6) is 0 Å². The molecule has 0 spiro atoms. The molecule has 4 aliphatic rings. The van der Waals surface area contributed by atoms with E-state index in [1.165, 1.54) is 0 Å². The fourth-order valence-corrected chi connectivity index (χ4v) is 17.5. The Balaban J connectivity index is 1.41. The van der Waals surface area contributed by atoms with E-state index in [9.17, 15) is 30.0 Å². The minimum atomic E-state index is -5.85. The molecule has 11 nitrogen and oxygen atoms in total. The van der Waals surface area contributed by atoms with Crippen molar-refractivity contribution in [3.8, 4) is 0 Å². The third-order valence-corrected chi connectivity index (χ3v) is 26.0. The summed E-state index contributed by atoms with van der Waals surface area (Å²) < 4.78 is 136. The summed E-state index contributed by atoms with van der Waals surface area (Å²) in [4.78, 5) is 0.210. The van der Waals surface area contributed by atoms with Crippen molar-refractivity contribution in [2.75, 3.05) is 6.61 Å². The Morgan fingerprint density at radius 1 is 0.821 bits per heavy atom. The van der Waals surface area contributed by atoms with Crippen LogP contribution in [0.4, 0.5) is 13.2 Å². The second-order valence-corrected chi connectivity index (χ2v) is 30.0. The smallest absolute Gasteiger partial charge is 0.411 e. The average Bonchev–Trinajstić information content (AvgIpc) is 3.94. The third kappa shape index (κ3) is 9.65. The number of halogens is 3. The topological polar surface area (TPSA) is 136 Å². The first-order chi connectivity index (χ1) is 26.1. The lowest BCUT2D eigenvalue weighted by Gasteiger charge is -2.51. The van der Waals surface area contributed by atoms with Gasteiger partial charge in [0.15, 0.2) is 22.1 Å². The van der Waals surface area contributed by atoms with Crippen LogP contribution in [-0.4, -0.2) is 105 Å². The van der Waals surface area contributed by atoms with Gasteiger partial charge in [0.2, 0.25) is 9.84 Å². The van der Waals surface area contributed by atoms with Gasteiger partial charge in [0.25, 0.3) is 0 Å². The highest BCUT2D eigenvalue weighted by Crippen LogP contribution is 2.48. The summed E-state index contributed by atoms with van der Waals surface area (Å²) in [5.74, 6) is 0. The third-order valence-electron chi connectivity index (χ3n) is 13.1. The molecule has 322 valence electrons. The fourth-order valence-electron chi connectivity index (χ4n) is 9.04. The molecule has 0 bridgehead atoms. The summed E-state index contributed by atoms with van der Waals surface area (Å²) in [5, 5.41) is 0. The van der Waals surface area contributed by atoms with Gasteiger partial charge in [-0.2, -0.15) is 21.6 Å². The van der Waals surface area contributed by atoms with Crippen LogP contribution >= 0.6 is 0 Å². The summed E-state index contributed by atoms with van der Waals surface area (Å²) >= 11 is 0. The summed E-state index contributed by atoms with van der Waals surface area (Å²) in [6.45, 7) is 17.9. The predicted octanol–water partition coefficient (Wildman–Crippen LogP) is 8.17. The lowest BCUT2D eigenvalue weighted by atomic mass is 9.83. The monoisotopic (exact) mass is 872 g/mol. The number of benzene rings is 1. The summed E-state index contributed by atoms with van der Waals surface area (Å²) in [7, 11) is -14.3. The molecule has 0 unspecified atom stereocenters. The van der Waals surface area contributed by atoms with Crippen LogP contribution in [-0.2, 0) is 51.9 Å². The van der Waals surface area contributed by atoms with Crippen LogP contribution in [0.2, 0.25) is 35.8 Å². The summed E-state index contributed by atoms with van der Waals surface area (Å²) in [5.41, 5.74) is -6.16. The Hall–Kier alpha value is -0.936. The van der Waals surface area contributed by atoms with Gasteiger partial charge in [0.1, 0.15) is 12.2 Å². The summed E-state index contributed by atoms with van der Waals surface area (Å²) in [6, 6.07) is 10.8. The Kier molecular flexibility index (Phi) is 14.5. The highest BCUT2D eigenvalue weighted by Gasteiger charge is 2.58. The Labute approximate surface area is 334 Å². The number of hydrogen-bond donors (Lipinski definition) is 0. The maximum atomic E-state index is 13.5. The number of aryl methyl sites for hydroxylation is 1. The van der Waals surface area contributed by atoms with Gasteiger partial charge >= 0.3 is 15.6 Å². The van der Waals surface area contributed by atoms with E-state index in [1.807, 2.05) is 34.6 Å². The number of epoxide rings is 1. The quantitative estimate of drug-likeness (QED) is 0.0649.